The number of guanidine groups is 1. The standard InChI is InChI=1S/C21H43N5O/c1-3-22-21(24-13-19-27-20-10-6-4-5-7-11-20)23-12-8-15-26-16-9-14-25(2)17-18-26/h20H,3-19H2,1-2H3,(H2,22,23,24). The molecular weight excluding hydrogens is 338 g/mol. The van der Waals surface area contributed by atoms with Crippen molar-refractivity contribution in [1.82, 2.24) is 20.4 Å². The molecule has 1 aliphatic heterocycles. The maximum absolute atomic E-state index is 6.06. The van der Waals surface area contributed by atoms with Crippen LogP contribution in [0.3, 0.4) is 0 Å². The van der Waals surface area contributed by atoms with E-state index in [4.69, 9.17) is 9.73 Å². The fourth-order valence-corrected chi connectivity index (χ4v) is 3.95. The molecule has 27 heavy (non-hydrogen) atoms. The molecule has 6 heteroatoms. The number of hydrogen-bond acceptors (Lipinski definition) is 4. The van der Waals surface area contributed by atoms with Gasteiger partial charge in [-0.15, -0.1) is 0 Å². The number of nitrogens with zero attached hydrogens (tertiary/aromatic N) is 3. The molecule has 0 spiro atoms. The van der Waals surface area contributed by atoms with Gasteiger partial charge in [0.25, 0.3) is 0 Å². The first-order valence-corrected chi connectivity index (χ1v) is 11.3. The van der Waals surface area contributed by atoms with Crippen LogP contribution in [0.15, 0.2) is 4.99 Å². The molecule has 0 unspecified atom stereocenters. The summed E-state index contributed by atoms with van der Waals surface area (Å²) in [6.45, 7) is 11.5. The quantitative estimate of drug-likeness (QED) is 0.278. The zero-order valence-electron chi connectivity index (χ0n) is 17.8. The van der Waals surface area contributed by atoms with Crippen molar-refractivity contribution < 1.29 is 4.74 Å². The van der Waals surface area contributed by atoms with E-state index in [-0.39, 0.29) is 0 Å². The van der Waals surface area contributed by atoms with Crippen LogP contribution < -0.4 is 10.6 Å². The fraction of sp³-hybridized carbons (Fsp3) is 0.952. The highest BCUT2D eigenvalue weighted by Gasteiger charge is 2.12. The highest BCUT2D eigenvalue weighted by Crippen LogP contribution is 2.19. The number of hydrogen-bond donors (Lipinski definition) is 2. The molecule has 0 aromatic rings. The average Bonchev–Trinajstić information content (AvgIpc) is 3.05. The lowest BCUT2D eigenvalue weighted by molar-refractivity contribution is 0.0468. The Morgan fingerprint density at radius 1 is 1.00 bits per heavy atom. The minimum absolute atomic E-state index is 0.474. The molecular formula is C21H43N5O. The van der Waals surface area contributed by atoms with Crippen molar-refractivity contribution in [2.24, 2.45) is 4.99 Å². The molecule has 0 aromatic heterocycles. The molecule has 1 saturated carbocycles. The van der Waals surface area contributed by atoms with Gasteiger partial charge in [0, 0.05) is 32.7 Å². The Hall–Kier alpha value is -0.850. The van der Waals surface area contributed by atoms with Crippen molar-refractivity contribution in [3.63, 3.8) is 0 Å². The predicted molar refractivity (Wildman–Crippen MR) is 115 cm³/mol. The second kappa shape index (κ2) is 14.2. The van der Waals surface area contributed by atoms with Crippen molar-refractivity contribution in [3.05, 3.63) is 0 Å². The molecule has 0 amide bonds. The first-order valence-electron chi connectivity index (χ1n) is 11.3. The minimum Gasteiger partial charge on any atom is -0.376 e. The summed E-state index contributed by atoms with van der Waals surface area (Å²) >= 11 is 0. The van der Waals surface area contributed by atoms with Gasteiger partial charge in [-0.25, -0.2) is 0 Å². The first-order chi connectivity index (χ1) is 13.3. The van der Waals surface area contributed by atoms with Gasteiger partial charge in [0.2, 0.25) is 0 Å². The smallest absolute Gasteiger partial charge is 0.191 e. The number of likely N-dealkylation sites (N-methyl/N-ethyl adjacent to an activating group) is 1. The van der Waals surface area contributed by atoms with E-state index >= 15 is 0 Å². The zero-order valence-corrected chi connectivity index (χ0v) is 17.8. The monoisotopic (exact) mass is 381 g/mol. The molecule has 0 aromatic carbocycles. The molecule has 158 valence electrons. The van der Waals surface area contributed by atoms with Crippen LogP contribution in [0.2, 0.25) is 0 Å². The maximum atomic E-state index is 6.06. The summed E-state index contributed by atoms with van der Waals surface area (Å²) in [5.41, 5.74) is 0. The normalized spacial score (nSPS) is 21.6. The molecule has 0 atom stereocenters. The fourth-order valence-electron chi connectivity index (χ4n) is 3.95. The van der Waals surface area contributed by atoms with Gasteiger partial charge < -0.3 is 25.2 Å². The molecule has 2 rings (SSSR count). The van der Waals surface area contributed by atoms with Crippen LogP contribution in [0.1, 0.15) is 58.3 Å². The predicted octanol–water partition coefficient (Wildman–Crippen LogP) is 2.31. The van der Waals surface area contributed by atoms with Gasteiger partial charge in [-0.2, -0.15) is 0 Å². The van der Waals surface area contributed by atoms with E-state index in [2.05, 4.69) is 34.4 Å². The Bertz CT molecular complexity index is 396. The van der Waals surface area contributed by atoms with Crippen LogP contribution in [0.5, 0.6) is 0 Å². The third-order valence-electron chi connectivity index (χ3n) is 5.61. The maximum Gasteiger partial charge on any atom is 0.191 e. The lowest BCUT2D eigenvalue weighted by Crippen LogP contribution is -2.39. The number of aliphatic imine (C=N–C) groups is 1. The highest BCUT2D eigenvalue weighted by molar-refractivity contribution is 5.79. The summed E-state index contributed by atoms with van der Waals surface area (Å²) in [5, 5.41) is 6.77. The van der Waals surface area contributed by atoms with Gasteiger partial charge in [0.05, 0.1) is 12.7 Å². The molecule has 1 aliphatic carbocycles. The van der Waals surface area contributed by atoms with E-state index in [1.54, 1.807) is 0 Å². The summed E-state index contributed by atoms with van der Waals surface area (Å²) in [6, 6.07) is 0. The van der Waals surface area contributed by atoms with Gasteiger partial charge in [-0.3, -0.25) is 4.99 Å². The van der Waals surface area contributed by atoms with Crippen LogP contribution in [0.25, 0.3) is 0 Å². The Morgan fingerprint density at radius 3 is 2.59 bits per heavy atom. The van der Waals surface area contributed by atoms with Gasteiger partial charge in [0.15, 0.2) is 5.96 Å². The summed E-state index contributed by atoms with van der Waals surface area (Å²) in [4.78, 5) is 9.75. The third-order valence-corrected chi connectivity index (χ3v) is 5.61. The van der Waals surface area contributed by atoms with Crippen LogP contribution >= 0.6 is 0 Å². The van der Waals surface area contributed by atoms with Crippen LogP contribution in [-0.4, -0.2) is 87.9 Å². The van der Waals surface area contributed by atoms with Crippen molar-refractivity contribution in [1.29, 1.82) is 0 Å². The van der Waals surface area contributed by atoms with Crippen LogP contribution in [0, 0.1) is 0 Å². The van der Waals surface area contributed by atoms with E-state index in [1.807, 2.05) is 0 Å². The van der Waals surface area contributed by atoms with Gasteiger partial charge in [-0.1, -0.05) is 25.7 Å². The first kappa shape index (κ1) is 22.4. The molecule has 2 aliphatic rings. The largest absolute Gasteiger partial charge is 0.376 e. The van der Waals surface area contributed by atoms with E-state index in [0.717, 1.165) is 45.2 Å². The SMILES string of the molecule is CCNC(=NCCCN1CCCN(C)CC1)NCCOC1CCCCCC1. The van der Waals surface area contributed by atoms with Gasteiger partial charge >= 0.3 is 0 Å². The van der Waals surface area contributed by atoms with Crippen molar-refractivity contribution in [3.8, 4) is 0 Å². The van der Waals surface area contributed by atoms with E-state index in [0.29, 0.717) is 6.10 Å². The molecule has 2 fully saturated rings. The van der Waals surface area contributed by atoms with E-state index in [1.165, 1.54) is 71.1 Å². The lowest BCUT2D eigenvalue weighted by Gasteiger charge is -2.19. The van der Waals surface area contributed by atoms with Crippen molar-refractivity contribution >= 4 is 5.96 Å². The second-order valence-electron chi connectivity index (χ2n) is 8.02. The second-order valence-corrected chi connectivity index (χ2v) is 8.02. The summed E-state index contributed by atoms with van der Waals surface area (Å²) < 4.78 is 6.06. The number of nitrogens with one attached hydrogen (secondary N) is 2. The van der Waals surface area contributed by atoms with E-state index < -0.39 is 0 Å². The summed E-state index contributed by atoms with van der Waals surface area (Å²) in [5.74, 6) is 0.928. The van der Waals surface area contributed by atoms with Crippen LogP contribution in [0.4, 0.5) is 0 Å². The van der Waals surface area contributed by atoms with Gasteiger partial charge in [-0.05, 0) is 59.3 Å². The zero-order chi connectivity index (χ0) is 19.2. The van der Waals surface area contributed by atoms with Crippen molar-refractivity contribution in [2.45, 2.75) is 64.4 Å². The highest BCUT2D eigenvalue weighted by atomic mass is 16.5. The van der Waals surface area contributed by atoms with E-state index in [9.17, 15) is 0 Å². The molecule has 1 heterocycles. The Balaban J connectivity index is 1.58. The average molecular weight is 382 g/mol. The van der Waals surface area contributed by atoms with Gasteiger partial charge in [0.1, 0.15) is 0 Å². The minimum atomic E-state index is 0.474. The number of rotatable bonds is 9. The Morgan fingerprint density at radius 2 is 1.81 bits per heavy atom. The molecule has 0 bridgehead atoms. The molecule has 6 nitrogen and oxygen atoms in total. The lowest BCUT2D eigenvalue weighted by atomic mass is 10.1. The Kier molecular flexibility index (Phi) is 11.8. The summed E-state index contributed by atoms with van der Waals surface area (Å²) in [6.07, 6.45) is 10.8. The summed E-state index contributed by atoms with van der Waals surface area (Å²) in [7, 11) is 2.22. The van der Waals surface area contributed by atoms with Crippen LogP contribution in [-0.2, 0) is 4.74 Å². The molecule has 1 saturated heterocycles. The number of ether oxygens (including phenoxy) is 1. The third kappa shape index (κ3) is 10.3. The molecule has 2 N–H and O–H groups in total. The topological polar surface area (TPSA) is 52.1 Å². The Labute approximate surface area is 167 Å². The van der Waals surface area contributed by atoms with Crippen molar-refractivity contribution in [2.75, 3.05) is 66.0 Å². The molecule has 0 radical (unpaired) electrons.